The standard InChI is InChI=1S/C17H18FN7/c1-23-9-13(8-21-23)16-17-15(10-24(19)11-20-17)25(22-16)7-6-12-4-2-3-5-14(12)18/h2-5,8-11,22H,6-7,19H2,1H3. The minimum Gasteiger partial charge on any atom is -0.295 e. The average Bonchev–Trinajstić information content (AvgIpc) is 3.17. The molecule has 3 N–H and O–H groups in total. The third-order valence-corrected chi connectivity index (χ3v) is 4.16. The van der Waals surface area contributed by atoms with E-state index < -0.39 is 0 Å². The lowest BCUT2D eigenvalue weighted by molar-refractivity contribution is 0.313. The van der Waals surface area contributed by atoms with Crippen LogP contribution in [-0.4, -0.2) is 32.7 Å². The van der Waals surface area contributed by atoms with Crippen LogP contribution in [0, 0.1) is 5.82 Å². The third kappa shape index (κ3) is 2.87. The van der Waals surface area contributed by atoms with Crippen molar-refractivity contribution in [3.8, 4) is 0 Å². The molecule has 2 aliphatic rings. The van der Waals surface area contributed by atoms with Gasteiger partial charge in [-0.1, -0.05) is 18.2 Å². The molecule has 0 saturated carbocycles. The van der Waals surface area contributed by atoms with Gasteiger partial charge in [-0.25, -0.2) is 15.2 Å². The lowest BCUT2D eigenvalue weighted by Crippen LogP contribution is -2.35. The molecular weight excluding hydrogens is 321 g/mol. The quantitative estimate of drug-likeness (QED) is 0.823. The molecule has 0 atom stereocenters. The molecule has 2 aliphatic heterocycles. The second kappa shape index (κ2) is 6.06. The number of nitrogens with zero attached hydrogens (tertiary/aromatic N) is 5. The minimum absolute atomic E-state index is 0.196. The molecule has 2 aromatic rings. The zero-order chi connectivity index (χ0) is 17.4. The number of aliphatic imine (C=N–C) groups is 1. The Morgan fingerprint density at radius 1 is 1.28 bits per heavy atom. The first-order valence-corrected chi connectivity index (χ1v) is 7.92. The molecule has 7 nitrogen and oxygen atoms in total. The van der Waals surface area contributed by atoms with Gasteiger partial charge in [0.25, 0.3) is 0 Å². The van der Waals surface area contributed by atoms with Gasteiger partial charge in [0.05, 0.1) is 11.9 Å². The van der Waals surface area contributed by atoms with E-state index in [1.165, 1.54) is 11.1 Å². The number of aryl methyl sites for hydroxylation is 1. The van der Waals surface area contributed by atoms with Gasteiger partial charge in [0.1, 0.15) is 23.5 Å². The fourth-order valence-electron chi connectivity index (χ4n) is 2.93. The fourth-order valence-corrected chi connectivity index (χ4v) is 2.93. The molecule has 1 aromatic heterocycles. The molecular formula is C17H18FN7. The summed E-state index contributed by atoms with van der Waals surface area (Å²) in [6.07, 6.45) is 7.59. The molecule has 128 valence electrons. The van der Waals surface area contributed by atoms with Gasteiger partial charge in [-0.3, -0.25) is 20.1 Å². The van der Waals surface area contributed by atoms with Crippen molar-refractivity contribution in [1.29, 1.82) is 0 Å². The van der Waals surface area contributed by atoms with Crippen LogP contribution in [0.2, 0.25) is 0 Å². The number of halogens is 1. The van der Waals surface area contributed by atoms with Gasteiger partial charge in [-0.2, -0.15) is 5.10 Å². The highest BCUT2D eigenvalue weighted by Crippen LogP contribution is 2.32. The maximum Gasteiger partial charge on any atom is 0.126 e. The summed E-state index contributed by atoms with van der Waals surface area (Å²) in [5.41, 5.74) is 7.45. The average molecular weight is 339 g/mol. The molecule has 0 amide bonds. The summed E-state index contributed by atoms with van der Waals surface area (Å²) in [5.74, 6) is 5.63. The summed E-state index contributed by atoms with van der Waals surface area (Å²) in [7, 11) is 1.86. The summed E-state index contributed by atoms with van der Waals surface area (Å²) in [5, 5.41) is 7.55. The van der Waals surface area contributed by atoms with E-state index in [0.29, 0.717) is 18.5 Å². The maximum atomic E-state index is 13.9. The molecule has 0 saturated heterocycles. The molecule has 4 rings (SSSR count). The molecule has 1 aromatic carbocycles. The van der Waals surface area contributed by atoms with E-state index in [2.05, 4.69) is 15.5 Å². The monoisotopic (exact) mass is 339 g/mol. The topological polar surface area (TPSA) is 74.7 Å². The largest absolute Gasteiger partial charge is 0.295 e. The summed E-state index contributed by atoms with van der Waals surface area (Å²) in [6, 6.07) is 6.80. The fraction of sp³-hybridized carbons (Fsp3) is 0.176. The number of hydrogen-bond donors (Lipinski definition) is 2. The number of hydrogen-bond acceptors (Lipinski definition) is 6. The van der Waals surface area contributed by atoms with Crippen molar-refractivity contribution in [3.63, 3.8) is 0 Å². The number of benzene rings is 1. The summed E-state index contributed by atoms with van der Waals surface area (Å²) in [6.45, 7) is 0.573. The predicted octanol–water partition coefficient (Wildman–Crippen LogP) is 1.35. The van der Waals surface area contributed by atoms with Gasteiger partial charge in [-0.15, -0.1) is 0 Å². The Balaban J connectivity index is 1.60. The molecule has 0 bridgehead atoms. The van der Waals surface area contributed by atoms with Crippen LogP contribution >= 0.6 is 0 Å². The molecule has 0 aliphatic carbocycles. The Hall–Kier alpha value is -3.13. The Bertz CT molecular complexity index is 896. The first-order valence-electron chi connectivity index (χ1n) is 7.92. The van der Waals surface area contributed by atoms with E-state index in [9.17, 15) is 4.39 Å². The van der Waals surface area contributed by atoms with Crippen LogP contribution in [-0.2, 0) is 13.5 Å². The van der Waals surface area contributed by atoms with Gasteiger partial charge in [-0.05, 0) is 18.1 Å². The van der Waals surface area contributed by atoms with E-state index in [4.69, 9.17) is 5.84 Å². The first kappa shape index (κ1) is 15.4. The van der Waals surface area contributed by atoms with Gasteiger partial charge < -0.3 is 0 Å². The van der Waals surface area contributed by atoms with E-state index in [1.54, 1.807) is 35.5 Å². The molecule has 25 heavy (non-hydrogen) atoms. The van der Waals surface area contributed by atoms with Crippen LogP contribution in [0.4, 0.5) is 4.39 Å². The summed E-state index contributed by atoms with van der Waals surface area (Å²) < 4.78 is 15.6. The van der Waals surface area contributed by atoms with Crippen molar-refractivity contribution in [2.45, 2.75) is 6.42 Å². The van der Waals surface area contributed by atoms with Crippen LogP contribution < -0.4 is 11.3 Å². The lowest BCUT2D eigenvalue weighted by Gasteiger charge is -2.24. The highest BCUT2D eigenvalue weighted by atomic mass is 19.1. The van der Waals surface area contributed by atoms with Crippen LogP contribution in [0.15, 0.2) is 59.2 Å². The molecule has 0 spiro atoms. The predicted molar refractivity (Wildman–Crippen MR) is 92.7 cm³/mol. The van der Waals surface area contributed by atoms with E-state index >= 15 is 0 Å². The number of rotatable bonds is 4. The first-order chi connectivity index (χ1) is 12.1. The zero-order valence-electron chi connectivity index (χ0n) is 13.7. The van der Waals surface area contributed by atoms with Gasteiger partial charge in [0, 0.05) is 31.6 Å². The number of aromatic nitrogens is 2. The Morgan fingerprint density at radius 2 is 2.12 bits per heavy atom. The van der Waals surface area contributed by atoms with Crippen LogP contribution in [0.3, 0.4) is 0 Å². The number of nitrogens with two attached hydrogens (primary N) is 1. The van der Waals surface area contributed by atoms with Crippen molar-refractivity contribution < 1.29 is 4.39 Å². The normalized spacial score (nSPS) is 16.2. The van der Waals surface area contributed by atoms with Crippen molar-refractivity contribution in [2.24, 2.45) is 17.9 Å². The van der Waals surface area contributed by atoms with E-state index in [0.717, 1.165) is 22.7 Å². The van der Waals surface area contributed by atoms with Crippen molar-refractivity contribution in [2.75, 3.05) is 6.54 Å². The van der Waals surface area contributed by atoms with Crippen LogP contribution in [0.5, 0.6) is 0 Å². The molecule has 0 unspecified atom stereocenters. The Labute approximate surface area is 144 Å². The van der Waals surface area contributed by atoms with Crippen molar-refractivity contribution in [1.82, 2.24) is 25.2 Å². The van der Waals surface area contributed by atoms with Gasteiger partial charge in [0.15, 0.2) is 0 Å². The number of hydrazine groups is 2. The summed E-state index contributed by atoms with van der Waals surface area (Å²) in [4.78, 5) is 4.43. The second-order valence-corrected chi connectivity index (χ2v) is 5.94. The summed E-state index contributed by atoms with van der Waals surface area (Å²) >= 11 is 0. The maximum absolute atomic E-state index is 13.9. The highest BCUT2D eigenvalue weighted by molar-refractivity contribution is 5.77. The minimum atomic E-state index is -0.196. The highest BCUT2D eigenvalue weighted by Gasteiger charge is 2.30. The van der Waals surface area contributed by atoms with Crippen molar-refractivity contribution >= 4 is 12.0 Å². The van der Waals surface area contributed by atoms with Gasteiger partial charge in [0.2, 0.25) is 0 Å². The second-order valence-electron chi connectivity index (χ2n) is 5.94. The third-order valence-electron chi connectivity index (χ3n) is 4.16. The molecule has 0 fully saturated rings. The van der Waals surface area contributed by atoms with Gasteiger partial charge >= 0.3 is 0 Å². The SMILES string of the molecule is Cn1cc(C2=C3N=CN(N)C=C3N(CCc3ccccc3F)N2)cn1. The Morgan fingerprint density at radius 3 is 2.88 bits per heavy atom. The van der Waals surface area contributed by atoms with Crippen molar-refractivity contribution in [3.05, 3.63) is 71.2 Å². The lowest BCUT2D eigenvalue weighted by atomic mass is 10.1. The molecule has 8 heteroatoms. The smallest absolute Gasteiger partial charge is 0.126 e. The zero-order valence-corrected chi connectivity index (χ0v) is 13.7. The molecule has 0 radical (unpaired) electrons. The number of nitrogens with one attached hydrogen (secondary N) is 1. The Kier molecular flexibility index (Phi) is 3.73. The number of fused-ring (bicyclic) bond motifs is 1. The molecule has 3 heterocycles. The van der Waals surface area contributed by atoms with E-state index in [-0.39, 0.29) is 5.82 Å². The van der Waals surface area contributed by atoms with Crippen LogP contribution in [0.25, 0.3) is 5.70 Å². The van der Waals surface area contributed by atoms with Crippen LogP contribution in [0.1, 0.15) is 11.1 Å². The van der Waals surface area contributed by atoms with E-state index in [1.807, 2.05) is 24.3 Å².